The topological polar surface area (TPSA) is 51.4 Å². The van der Waals surface area contributed by atoms with E-state index < -0.39 is 0 Å². The molecule has 0 spiro atoms. The number of aryl methyl sites for hydroxylation is 1. The van der Waals surface area contributed by atoms with Crippen LogP contribution in [-0.2, 0) is 4.74 Å². The number of likely N-dealkylation sites (N-methyl/N-ethyl adjacent to an activating group) is 1. The first kappa shape index (κ1) is 14.4. The van der Waals surface area contributed by atoms with Crippen molar-refractivity contribution < 1.29 is 4.74 Å². The van der Waals surface area contributed by atoms with Crippen LogP contribution < -0.4 is 10.6 Å². The van der Waals surface area contributed by atoms with Crippen molar-refractivity contribution in [2.45, 2.75) is 33.7 Å². The van der Waals surface area contributed by atoms with Gasteiger partial charge in [-0.2, -0.15) is 0 Å². The summed E-state index contributed by atoms with van der Waals surface area (Å²) in [6.45, 7) is 11.5. The Labute approximate surface area is 108 Å². The maximum Gasteiger partial charge on any atom is 0.185 e. The number of nitrogens with two attached hydrogens (primary N) is 1. The molecule has 0 fully saturated rings. The van der Waals surface area contributed by atoms with Crippen molar-refractivity contribution in [3.05, 3.63) is 10.6 Å². The number of hydrogen-bond acceptors (Lipinski definition) is 5. The molecule has 0 saturated heterocycles. The zero-order chi connectivity index (χ0) is 12.8. The van der Waals surface area contributed by atoms with Gasteiger partial charge in [-0.15, -0.1) is 11.3 Å². The van der Waals surface area contributed by atoms with Crippen molar-refractivity contribution in [1.82, 2.24) is 4.98 Å². The largest absolute Gasteiger partial charge is 0.380 e. The normalized spacial score (nSPS) is 12.8. The van der Waals surface area contributed by atoms with Gasteiger partial charge in [0.05, 0.1) is 12.3 Å². The Morgan fingerprint density at radius 3 is 2.65 bits per heavy atom. The number of thiazole rings is 1. The van der Waals surface area contributed by atoms with Gasteiger partial charge in [-0.25, -0.2) is 4.98 Å². The summed E-state index contributed by atoms with van der Waals surface area (Å²) < 4.78 is 5.38. The summed E-state index contributed by atoms with van der Waals surface area (Å²) in [5.74, 6) is 0. The van der Waals surface area contributed by atoms with E-state index in [2.05, 4.69) is 16.8 Å². The summed E-state index contributed by atoms with van der Waals surface area (Å²) in [6, 6.07) is 0.0619. The molecule has 1 atom stereocenters. The monoisotopic (exact) mass is 257 g/mol. The maximum atomic E-state index is 5.92. The SMILES string of the molecule is CCOCCN(CC)c1nc(C)c(C(C)N)s1. The van der Waals surface area contributed by atoms with E-state index in [9.17, 15) is 0 Å². The second-order valence-electron chi connectivity index (χ2n) is 4.01. The van der Waals surface area contributed by atoms with Crippen molar-refractivity contribution >= 4 is 16.5 Å². The lowest BCUT2D eigenvalue weighted by Crippen LogP contribution is -2.27. The number of anilines is 1. The molecule has 1 aromatic rings. The summed E-state index contributed by atoms with van der Waals surface area (Å²) in [7, 11) is 0. The van der Waals surface area contributed by atoms with Gasteiger partial charge in [0, 0.05) is 30.6 Å². The van der Waals surface area contributed by atoms with E-state index in [-0.39, 0.29) is 6.04 Å². The standard InChI is InChI=1S/C12H23N3OS/c1-5-15(7-8-16-6-2)12-14-10(4)11(17-12)9(3)13/h9H,5-8,13H2,1-4H3. The lowest BCUT2D eigenvalue weighted by atomic mass is 10.2. The van der Waals surface area contributed by atoms with Gasteiger partial charge in [-0.05, 0) is 27.7 Å². The maximum absolute atomic E-state index is 5.92. The van der Waals surface area contributed by atoms with Crippen LogP contribution in [0, 0.1) is 6.92 Å². The fraction of sp³-hybridized carbons (Fsp3) is 0.750. The Balaban J connectivity index is 2.71. The third kappa shape index (κ3) is 3.94. The van der Waals surface area contributed by atoms with E-state index in [1.807, 2.05) is 20.8 Å². The van der Waals surface area contributed by atoms with Crippen molar-refractivity contribution in [1.29, 1.82) is 0 Å². The third-order valence-corrected chi connectivity index (χ3v) is 4.02. The number of nitrogens with zero attached hydrogens (tertiary/aromatic N) is 2. The zero-order valence-corrected chi connectivity index (χ0v) is 12.0. The summed E-state index contributed by atoms with van der Waals surface area (Å²) >= 11 is 1.69. The van der Waals surface area contributed by atoms with Gasteiger partial charge in [0.15, 0.2) is 5.13 Å². The summed E-state index contributed by atoms with van der Waals surface area (Å²) in [5, 5.41) is 1.05. The first-order valence-electron chi connectivity index (χ1n) is 6.15. The number of aromatic nitrogens is 1. The average Bonchev–Trinajstić information content (AvgIpc) is 2.67. The molecule has 1 aromatic heterocycles. The molecule has 0 radical (unpaired) electrons. The molecule has 0 saturated carbocycles. The smallest absolute Gasteiger partial charge is 0.185 e. The molecular formula is C12H23N3OS. The van der Waals surface area contributed by atoms with Gasteiger partial charge in [-0.3, -0.25) is 0 Å². The van der Waals surface area contributed by atoms with Crippen molar-refractivity contribution in [3.63, 3.8) is 0 Å². The van der Waals surface area contributed by atoms with E-state index in [0.29, 0.717) is 0 Å². The molecule has 1 rings (SSSR count). The predicted molar refractivity (Wildman–Crippen MR) is 73.8 cm³/mol. The molecule has 1 unspecified atom stereocenters. The molecule has 4 nitrogen and oxygen atoms in total. The van der Waals surface area contributed by atoms with Crippen LogP contribution in [0.2, 0.25) is 0 Å². The molecule has 0 amide bonds. The van der Waals surface area contributed by atoms with Gasteiger partial charge in [-0.1, -0.05) is 0 Å². The number of hydrogen-bond donors (Lipinski definition) is 1. The highest BCUT2D eigenvalue weighted by molar-refractivity contribution is 7.15. The number of ether oxygens (including phenoxy) is 1. The van der Waals surface area contributed by atoms with Crippen LogP contribution in [0.3, 0.4) is 0 Å². The Morgan fingerprint density at radius 2 is 2.18 bits per heavy atom. The van der Waals surface area contributed by atoms with Crippen LogP contribution in [0.5, 0.6) is 0 Å². The molecule has 2 N–H and O–H groups in total. The molecule has 1 heterocycles. The molecular weight excluding hydrogens is 234 g/mol. The highest BCUT2D eigenvalue weighted by Gasteiger charge is 2.14. The van der Waals surface area contributed by atoms with E-state index in [1.165, 1.54) is 4.88 Å². The Bertz CT molecular complexity index is 338. The Hall–Kier alpha value is -0.650. The summed E-state index contributed by atoms with van der Waals surface area (Å²) in [5.41, 5.74) is 6.97. The first-order chi connectivity index (χ1) is 8.10. The highest BCUT2D eigenvalue weighted by Crippen LogP contribution is 2.29. The van der Waals surface area contributed by atoms with Gasteiger partial charge < -0.3 is 15.4 Å². The molecule has 17 heavy (non-hydrogen) atoms. The molecule has 0 aliphatic carbocycles. The summed E-state index contributed by atoms with van der Waals surface area (Å²) in [6.07, 6.45) is 0. The molecule has 0 bridgehead atoms. The van der Waals surface area contributed by atoms with Crippen molar-refractivity contribution in [2.24, 2.45) is 5.73 Å². The van der Waals surface area contributed by atoms with Crippen molar-refractivity contribution in [2.75, 3.05) is 31.2 Å². The minimum absolute atomic E-state index is 0.0619. The molecule has 98 valence electrons. The third-order valence-electron chi connectivity index (χ3n) is 2.60. The van der Waals surface area contributed by atoms with E-state index in [1.54, 1.807) is 11.3 Å². The van der Waals surface area contributed by atoms with Crippen LogP contribution in [0.15, 0.2) is 0 Å². The average molecular weight is 257 g/mol. The van der Waals surface area contributed by atoms with Gasteiger partial charge in [0.1, 0.15) is 0 Å². The zero-order valence-electron chi connectivity index (χ0n) is 11.2. The van der Waals surface area contributed by atoms with E-state index in [4.69, 9.17) is 10.5 Å². The van der Waals surface area contributed by atoms with E-state index in [0.717, 1.165) is 37.1 Å². The van der Waals surface area contributed by atoms with Crippen molar-refractivity contribution in [3.8, 4) is 0 Å². The molecule has 0 aliphatic heterocycles. The van der Waals surface area contributed by atoms with Crippen LogP contribution >= 0.6 is 11.3 Å². The summed E-state index contributed by atoms with van der Waals surface area (Å²) in [4.78, 5) is 8.00. The van der Waals surface area contributed by atoms with E-state index >= 15 is 0 Å². The fourth-order valence-corrected chi connectivity index (χ4v) is 2.77. The van der Waals surface area contributed by atoms with Gasteiger partial charge in [0.25, 0.3) is 0 Å². The van der Waals surface area contributed by atoms with Crippen LogP contribution in [-0.4, -0.2) is 31.3 Å². The minimum Gasteiger partial charge on any atom is -0.380 e. The Morgan fingerprint density at radius 1 is 1.47 bits per heavy atom. The second kappa shape index (κ2) is 6.93. The van der Waals surface area contributed by atoms with Crippen LogP contribution in [0.1, 0.15) is 37.4 Å². The minimum atomic E-state index is 0.0619. The quantitative estimate of drug-likeness (QED) is 0.762. The lowest BCUT2D eigenvalue weighted by molar-refractivity contribution is 0.154. The van der Waals surface area contributed by atoms with Gasteiger partial charge in [0.2, 0.25) is 0 Å². The Kier molecular flexibility index (Phi) is 5.88. The first-order valence-corrected chi connectivity index (χ1v) is 6.97. The molecule has 0 aromatic carbocycles. The molecule has 0 aliphatic rings. The van der Waals surface area contributed by atoms with Gasteiger partial charge >= 0.3 is 0 Å². The van der Waals surface area contributed by atoms with Crippen LogP contribution in [0.4, 0.5) is 5.13 Å². The second-order valence-corrected chi connectivity index (χ2v) is 5.02. The lowest BCUT2D eigenvalue weighted by Gasteiger charge is -2.19. The van der Waals surface area contributed by atoms with Crippen LogP contribution in [0.25, 0.3) is 0 Å². The number of rotatable bonds is 7. The highest BCUT2D eigenvalue weighted by atomic mass is 32.1. The predicted octanol–water partition coefficient (Wildman–Crippen LogP) is 2.33. The molecule has 5 heteroatoms. The fourth-order valence-electron chi connectivity index (χ4n) is 1.66.